The van der Waals surface area contributed by atoms with Crippen molar-refractivity contribution in [3.05, 3.63) is 0 Å². The van der Waals surface area contributed by atoms with Gasteiger partial charge < -0.3 is 15.7 Å². The molecule has 0 atom stereocenters. The van der Waals surface area contributed by atoms with Gasteiger partial charge in [0.05, 0.1) is 6.54 Å². The summed E-state index contributed by atoms with van der Waals surface area (Å²) in [6.07, 6.45) is 4.17. The molecular weight excluding hydrogens is 246 g/mol. The fourth-order valence-corrected chi connectivity index (χ4v) is 2.55. The number of amides is 2. The lowest BCUT2D eigenvalue weighted by atomic mass is 9.85. The summed E-state index contributed by atoms with van der Waals surface area (Å²) in [4.78, 5) is 24.3. The fraction of sp³-hybridized carbons (Fsp3) is 0.846. The maximum Gasteiger partial charge on any atom is 0.317 e. The van der Waals surface area contributed by atoms with Crippen molar-refractivity contribution in [2.24, 2.45) is 5.92 Å². The van der Waals surface area contributed by atoms with Crippen LogP contribution >= 0.6 is 0 Å². The second-order valence-electron chi connectivity index (χ2n) is 5.59. The number of nitrogens with zero attached hydrogens (tertiary/aromatic N) is 1. The maximum atomic E-state index is 11.4. The van der Waals surface area contributed by atoms with Gasteiger partial charge in [-0.15, -0.1) is 0 Å². The van der Waals surface area contributed by atoms with Crippen molar-refractivity contribution in [2.75, 3.05) is 19.6 Å². The minimum Gasteiger partial charge on any atom is -0.480 e. The van der Waals surface area contributed by atoms with Crippen LogP contribution in [0.5, 0.6) is 0 Å². The first-order chi connectivity index (χ1) is 9.08. The predicted octanol–water partition coefficient (Wildman–Crippen LogP) is 0.633. The number of hydrogen-bond acceptors (Lipinski definition) is 3. The van der Waals surface area contributed by atoms with E-state index in [4.69, 9.17) is 5.11 Å². The summed E-state index contributed by atoms with van der Waals surface area (Å²) in [5, 5.41) is 14.6. The molecule has 0 aromatic carbocycles. The molecule has 0 bridgehead atoms. The van der Waals surface area contributed by atoms with Gasteiger partial charge in [-0.3, -0.25) is 9.69 Å². The molecule has 108 valence electrons. The first kappa shape index (κ1) is 14.1. The molecule has 0 unspecified atom stereocenters. The van der Waals surface area contributed by atoms with Gasteiger partial charge in [0.2, 0.25) is 0 Å². The molecule has 3 N–H and O–H groups in total. The van der Waals surface area contributed by atoms with Crippen molar-refractivity contribution in [1.29, 1.82) is 0 Å². The van der Waals surface area contributed by atoms with E-state index in [2.05, 4.69) is 15.5 Å². The molecule has 2 aliphatic carbocycles. The first-order valence-corrected chi connectivity index (χ1v) is 7.08. The summed E-state index contributed by atoms with van der Waals surface area (Å²) >= 11 is 0. The summed E-state index contributed by atoms with van der Waals surface area (Å²) in [5.74, 6) is -0.0736. The molecule has 2 amide bonds. The summed E-state index contributed by atoms with van der Waals surface area (Å²) in [7, 11) is 0. The number of rotatable bonds is 7. The Morgan fingerprint density at radius 1 is 1.32 bits per heavy atom. The van der Waals surface area contributed by atoms with Crippen LogP contribution in [0.2, 0.25) is 0 Å². The number of hydrogen-bond donors (Lipinski definition) is 3. The molecule has 6 nitrogen and oxygen atoms in total. The van der Waals surface area contributed by atoms with Crippen LogP contribution in [0, 0.1) is 5.92 Å². The molecule has 6 heteroatoms. The summed E-state index contributed by atoms with van der Waals surface area (Å²) in [6, 6.07) is 0.369. The zero-order valence-corrected chi connectivity index (χ0v) is 11.4. The standard InChI is InChI=1S/C13H23N3O3/c1-2-14-13(19)15-10-5-11(6-10)16(8-12(17)18)7-9-3-4-9/h9-11H,2-8H2,1H3,(H,17,18)(H2,14,15,19). The average molecular weight is 269 g/mol. The van der Waals surface area contributed by atoms with Crippen molar-refractivity contribution in [1.82, 2.24) is 15.5 Å². The third-order valence-corrected chi connectivity index (χ3v) is 3.83. The highest BCUT2D eigenvalue weighted by Gasteiger charge is 2.37. The molecule has 0 aromatic rings. The zero-order valence-electron chi connectivity index (χ0n) is 11.4. The predicted molar refractivity (Wildman–Crippen MR) is 71.0 cm³/mol. The van der Waals surface area contributed by atoms with E-state index in [0.717, 1.165) is 19.4 Å². The molecular formula is C13H23N3O3. The topological polar surface area (TPSA) is 81.7 Å². The van der Waals surface area contributed by atoms with Gasteiger partial charge in [-0.25, -0.2) is 4.79 Å². The molecule has 0 saturated heterocycles. The van der Waals surface area contributed by atoms with Crippen LogP contribution in [0.25, 0.3) is 0 Å². The van der Waals surface area contributed by atoms with Gasteiger partial charge in [-0.2, -0.15) is 0 Å². The number of carboxylic acid groups (broad SMARTS) is 1. The lowest BCUT2D eigenvalue weighted by molar-refractivity contribution is -0.139. The number of carboxylic acids is 1. The number of aliphatic carboxylic acids is 1. The highest BCUT2D eigenvalue weighted by atomic mass is 16.4. The third-order valence-electron chi connectivity index (χ3n) is 3.83. The van der Waals surface area contributed by atoms with E-state index in [-0.39, 0.29) is 18.6 Å². The maximum absolute atomic E-state index is 11.4. The van der Waals surface area contributed by atoms with E-state index >= 15 is 0 Å². The van der Waals surface area contributed by atoms with Crippen LogP contribution < -0.4 is 10.6 Å². The van der Waals surface area contributed by atoms with Crippen molar-refractivity contribution in [2.45, 2.75) is 44.7 Å². The van der Waals surface area contributed by atoms with Crippen LogP contribution in [0.15, 0.2) is 0 Å². The summed E-state index contributed by atoms with van der Waals surface area (Å²) < 4.78 is 0. The van der Waals surface area contributed by atoms with Crippen LogP contribution in [0.3, 0.4) is 0 Å². The molecule has 0 aromatic heterocycles. The van der Waals surface area contributed by atoms with E-state index in [9.17, 15) is 9.59 Å². The number of nitrogens with one attached hydrogen (secondary N) is 2. The Hall–Kier alpha value is -1.30. The zero-order chi connectivity index (χ0) is 13.8. The Kier molecular flexibility index (Phi) is 4.63. The van der Waals surface area contributed by atoms with Crippen molar-refractivity contribution >= 4 is 12.0 Å². The smallest absolute Gasteiger partial charge is 0.317 e. The molecule has 0 heterocycles. The van der Waals surface area contributed by atoms with Crippen molar-refractivity contribution < 1.29 is 14.7 Å². The first-order valence-electron chi connectivity index (χ1n) is 7.08. The van der Waals surface area contributed by atoms with E-state index in [1.54, 1.807) is 0 Å². The lowest BCUT2D eigenvalue weighted by Crippen LogP contribution is -2.56. The van der Waals surface area contributed by atoms with Gasteiger partial charge in [-0.05, 0) is 38.5 Å². The highest BCUT2D eigenvalue weighted by Crippen LogP contribution is 2.33. The molecule has 0 spiro atoms. The van der Waals surface area contributed by atoms with E-state index in [1.807, 2.05) is 6.92 Å². The van der Waals surface area contributed by atoms with Crippen LogP contribution in [-0.2, 0) is 4.79 Å². The Balaban J connectivity index is 1.72. The SMILES string of the molecule is CCNC(=O)NC1CC(N(CC(=O)O)CC2CC2)C1. The van der Waals surface area contributed by atoms with E-state index in [1.165, 1.54) is 12.8 Å². The number of urea groups is 1. The summed E-state index contributed by atoms with van der Waals surface area (Å²) in [6.45, 7) is 3.52. The second kappa shape index (κ2) is 6.23. The van der Waals surface area contributed by atoms with Gasteiger partial charge in [-0.1, -0.05) is 0 Å². The lowest BCUT2D eigenvalue weighted by Gasteiger charge is -2.42. The Bertz CT molecular complexity index is 338. The van der Waals surface area contributed by atoms with Crippen LogP contribution in [-0.4, -0.2) is 53.7 Å². The Labute approximate surface area is 113 Å². The average Bonchev–Trinajstić information content (AvgIpc) is 3.05. The van der Waals surface area contributed by atoms with E-state index in [0.29, 0.717) is 18.5 Å². The highest BCUT2D eigenvalue weighted by molar-refractivity contribution is 5.74. The summed E-state index contributed by atoms with van der Waals surface area (Å²) in [5.41, 5.74) is 0. The largest absolute Gasteiger partial charge is 0.480 e. The molecule has 2 rings (SSSR count). The number of carbonyl (C=O) groups is 2. The number of carbonyl (C=O) groups excluding carboxylic acids is 1. The van der Waals surface area contributed by atoms with Crippen molar-refractivity contribution in [3.8, 4) is 0 Å². The molecule has 2 saturated carbocycles. The van der Waals surface area contributed by atoms with Crippen LogP contribution in [0.1, 0.15) is 32.6 Å². The van der Waals surface area contributed by atoms with E-state index < -0.39 is 5.97 Å². The van der Waals surface area contributed by atoms with Gasteiger partial charge in [0.25, 0.3) is 0 Å². The van der Waals surface area contributed by atoms with Crippen molar-refractivity contribution in [3.63, 3.8) is 0 Å². The molecule has 0 aliphatic heterocycles. The quantitative estimate of drug-likeness (QED) is 0.633. The van der Waals surface area contributed by atoms with Crippen LogP contribution in [0.4, 0.5) is 4.79 Å². The molecule has 2 aliphatic rings. The Morgan fingerprint density at radius 3 is 2.53 bits per heavy atom. The molecule has 19 heavy (non-hydrogen) atoms. The molecule has 2 fully saturated rings. The van der Waals surface area contributed by atoms with Gasteiger partial charge >= 0.3 is 12.0 Å². The van der Waals surface area contributed by atoms with Gasteiger partial charge in [0.15, 0.2) is 0 Å². The third kappa shape index (κ3) is 4.38. The van der Waals surface area contributed by atoms with Gasteiger partial charge in [0, 0.05) is 25.2 Å². The monoisotopic (exact) mass is 269 g/mol. The minimum atomic E-state index is -0.763. The minimum absolute atomic E-state index is 0.120. The normalized spacial score (nSPS) is 25.8. The van der Waals surface area contributed by atoms with Gasteiger partial charge in [0.1, 0.15) is 0 Å². The second-order valence-corrected chi connectivity index (χ2v) is 5.59. The Morgan fingerprint density at radius 2 is 2.00 bits per heavy atom. The fourth-order valence-electron chi connectivity index (χ4n) is 2.55. The molecule has 0 radical (unpaired) electrons.